The molecule has 2 saturated heterocycles. The van der Waals surface area contributed by atoms with Crippen molar-refractivity contribution in [2.75, 3.05) is 24.6 Å². The molecule has 4 fully saturated rings. The van der Waals surface area contributed by atoms with E-state index in [4.69, 9.17) is 9.40 Å². The van der Waals surface area contributed by atoms with Gasteiger partial charge in [-0.15, -0.1) is 23.5 Å². The van der Waals surface area contributed by atoms with Crippen molar-refractivity contribution in [2.45, 2.75) is 48.5 Å². The van der Waals surface area contributed by atoms with Gasteiger partial charge in [-0.25, -0.2) is 4.98 Å². The predicted octanol–water partition coefficient (Wildman–Crippen LogP) is 5.15. The van der Waals surface area contributed by atoms with Gasteiger partial charge in [-0.05, 0) is 62.5 Å². The first-order valence-electron chi connectivity index (χ1n) is 11.1. The first kappa shape index (κ1) is 18.6. The topological polar surface area (TPSA) is 46.3 Å². The molecule has 4 aliphatic rings. The molecule has 6 heteroatoms. The quantitative estimate of drug-likeness (QED) is 0.662. The minimum atomic E-state index is 0.265. The van der Waals surface area contributed by atoms with Crippen molar-refractivity contribution in [2.24, 2.45) is 17.8 Å². The Morgan fingerprint density at radius 2 is 1.72 bits per heavy atom. The van der Waals surface area contributed by atoms with Crippen molar-refractivity contribution in [1.29, 1.82) is 0 Å². The van der Waals surface area contributed by atoms with Gasteiger partial charge in [0.2, 0.25) is 5.91 Å². The van der Waals surface area contributed by atoms with E-state index in [1.54, 1.807) is 0 Å². The number of hydrogen-bond donors (Lipinski definition) is 0. The van der Waals surface area contributed by atoms with Gasteiger partial charge in [-0.3, -0.25) is 4.79 Å². The van der Waals surface area contributed by atoms with Crippen molar-refractivity contribution in [3.8, 4) is 0 Å². The number of nitrogens with zero attached hydrogens (tertiary/aromatic N) is 2. The van der Waals surface area contributed by atoms with Crippen LogP contribution >= 0.6 is 23.5 Å². The molecule has 1 amide bonds. The molecule has 6 rings (SSSR count). The molecule has 4 nitrogen and oxygen atoms in total. The Labute approximate surface area is 180 Å². The second-order valence-corrected chi connectivity index (χ2v) is 12.2. The Bertz CT molecular complexity index is 865. The summed E-state index contributed by atoms with van der Waals surface area (Å²) in [5.41, 5.74) is 1.81. The van der Waals surface area contributed by atoms with Crippen molar-refractivity contribution in [3.63, 3.8) is 0 Å². The average molecular weight is 429 g/mol. The molecular weight excluding hydrogens is 400 g/mol. The third-order valence-corrected chi connectivity index (χ3v) is 11.7. The maximum atomic E-state index is 13.3. The van der Waals surface area contributed by atoms with Gasteiger partial charge < -0.3 is 9.32 Å². The number of carbonyl (C=O) groups is 1. The van der Waals surface area contributed by atoms with Crippen LogP contribution in [0.3, 0.4) is 0 Å². The Balaban J connectivity index is 1.10. The second kappa shape index (κ2) is 7.23. The zero-order chi connectivity index (χ0) is 19.4. The zero-order valence-electron chi connectivity index (χ0n) is 16.7. The lowest BCUT2D eigenvalue weighted by molar-refractivity contribution is -0.138. The third-order valence-electron chi connectivity index (χ3n) is 7.69. The minimum Gasteiger partial charge on any atom is -0.440 e. The summed E-state index contributed by atoms with van der Waals surface area (Å²) in [4.78, 5) is 20.2. The van der Waals surface area contributed by atoms with Crippen LogP contribution in [0, 0.1) is 17.8 Å². The monoisotopic (exact) mass is 428 g/mol. The van der Waals surface area contributed by atoms with Crippen molar-refractivity contribution >= 4 is 40.5 Å². The molecule has 29 heavy (non-hydrogen) atoms. The van der Waals surface area contributed by atoms with Crippen molar-refractivity contribution in [1.82, 2.24) is 9.88 Å². The summed E-state index contributed by atoms with van der Waals surface area (Å²) in [6.07, 6.45) is 6.87. The van der Waals surface area contributed by atoms with Crippen LogP contribution in [-0.4, -0.2) is 44.5 Å². The maximum absolute atomic E-state index is 13.3. The summed E-state index contributed by atoms with van der Waals surface area (Å²) in [6.45, 7) is 1.70. The Morgan fingerprint density at radius 1 is 1.03 bits per heavy atom. The van der Waals surface area contributed by atoms with Crippen LogP contribution in [0.15, 0.2) is 28.7 Å². The van der Waals surface area contributed by atoms with Gasteiger partial charge >= 0.3 is 0 Å². The van der Waals surface area contributed by atoms with E-state index in [0.717, 1.165) is 67.6 Å². The molecule has 3 heterocycles. The van der Waals surface area contributed by atoms with Crippen LogP contribution in [0.4, 0.5) is 0 Å². The number of para-hydroxylation sites is 2. The smallest absolute Gasteiger partial charge is 0.225 e. The number of thioether (sulfide) groups is 2. The van der Waals surface area contributed by atoms with Gasteiger partial charge in [-0.2, -0.15) is 0 Å². The first-order valence-corrected chi connectivity index (χ1v) is 13.1. The lowest BCUT2D eigenvalue weighted by Gasteiger charge is -2.44. The Hall–Kier alpha value is -1.14. The molecular formula is C23H28N2O2S2. The van der Waals surface area contributed by atoms with Gasteiger partial charge in [0.1, 0.15) is 5.52 Å². The first-order chi connectivity index (χ1) is 14.2. The largest absolute Gasteiger partial charge is 0.440 e. The van der Waals surface area contributed by atoms with Gasteiger partial charge in [-0.1, -0.05) is 12.1 Å². The number of hydrogen-bond acceptors (Lipinski definition) is 5. The molecule has 2 bridgehead atoms. The molecule has 1 spiro atoms. The van der Waals surface area contributed by atoms with E-state index >= 15 is 0 Å². The van der Waals surface area contributed by atoms with Gasteiger partial charge in [0.25, 0.3) is 0 Å². The highest BCUT2D eigenvalue weighted by Crippen LogP contribution is 2.66. The Morgan fingerprint density at radius 3 is 2.41 bits per heavy atom. The van der Waals surface area contributed by atoms with E-state index in [-0.39, 0.29) is 5.92 Å². The van der Waals surface area contributed by atoms with Gasteiger partial charge in [0.05, 0.1) is 4.08 Å². The van der Waals surface area contributed by atoms with Crippen LogP contribution in [0.2, 0.25) is 0 Å². The van der Waals surface area contributed by atoms with Crippen LogP contribution in [0.5, 0.6) is 0 Å². The number of likely N-dealkylation sites (tertiary alicyclic amines) is 1. The summed E-state index contributed by atoms with van der Waals surface area (Å²) < 4.78 is 6.46. The standard InChI is InChI=1S/C23H28N2O2S2/c26-22(16-13-17-5-6-18(14-16)23(17)28-11-12-29-23)25-9-7-15(8-10-25)21-24-19-3-1-2-4-20(19)27-21/h1-4,15-18H,5-14H2/t16?,17-,18+. The summed E-state index contributed by atoms with van der Waals surface area (Å²) in [5.74, 6) is 6.01. The fourth-order valence-corrected chi connectivity index (χ4v) is 10.2. The second-order valence-electron chi connectivity index (χ2n) is 9.18. The van der Waals surface area contributed by atoms with Gasteiger partial charge in [0.15, 0.2) is 11.5 Å². The number of piperidine rings is 1. The SMILES string of the molecule is O=C(C1C[C@H]2CC[C@@H](C1)C21SCCS1)N1CCC(c2nc3ccccc3o2)CC1. The van der Waals surface area contributed by atoms with Crippen molar-refractivity contribution in [3.05, 3.63) is 30.2 Å². The van der Waals surface area contributed by atoms with Crippen molar-refractivity contribution < 1.29 is 9.21 Å². The number of aromatic nitrogens is 1. The number of carbonyl (C=O) groups excluding carboxylic acids is 1. The number of amides is 1. The van der Waals surface area contributed by atoms with E-state index in [2.05, 4.69) is 28.4 Å². The van der Waals surface area contributed by atoms with Crippen LogP contribution in [-0.2, 0) is 4.79 Å². The molecule has 154 valence electrons. The fourth-order valence-electron chi connectivity index (χ4n) is 6.27. The lowest BCUT2D eigenvalue weighted by atomic mass is 9.79. The average Bonchev–Trinajstić information content (AvgIpc) is 3.45. The van der Waals surface area contributed by atoms with E-state index in [1.165, 1.54) is 24.3 Å². The Kier molecular flexibility index (Phi) is 4.64. The van der Waals surface area contributed by atoms with E-state index < -0.39 is 0 Å². The minimum absolute atomic E-state index is 0.265. The van der Waals surface area contributed by atoms with Gasteiger partial charge in [0, 0.05) is 36.4 Å². The van der Waals surface area contributed by atoms with Crippen LogP contribution in [0.1, 0.15) is 50.3 Å². The molecule has 2 aliphatic carbocycles. The molecule has 1 aromatic heterocycles. The lowest BCUT2D eigenvalue weighted by Crippen LogP contribution is -2.46. The summed E-state index contributed by atoms with van der Waals surface area (Å²) in [5, 5.41) is 0. The van der Waals surface area contributed by atoms with E-state index in [1.807, 2.05) is 24.3 Å². The highest BCUT2D eigenvalue weighted by Gasteiger charge is 2.57. The summed E-state index contributed by atoms with van der Waals surface area (Å²) in [7, 11) is 0. The number of fused-ring (bicyclic) bond motifs is 1. The van der Waals surface area contributed by atoms with E-state index in [9.17, 15) is 4.79 Å². The third kappa shape index (κ3) is 3.04. The van der Waals surface area contributed by atoms with Crippen LogP contribution in [0.25, 0.3) is 11.1 Å². The molecule has 2 aliphatic heterocycles. The number of benzene rings is 1. The fraction of sp³-hybridized carbons (Fsp3) is 0.652. The normalized spacial score (nSPS) is 31.7. The number of rotatable bonds is 2. The molecule has 2 aromatic rings. The highest BCUT2D eigenvalue weighted by molar-refractivity contribution is 8.21. The molecule has 0 N–H and O–H groups in total. The van der Waals surface area contributed by atoms with Crippen LogP contribution < -0.4 is 0 Å². The molecule has 1 unspecified atom stereocenters. The molecule has 2 saturated carbocycles. The maximum Gasteiger partial charge on any atom is 0.225 e. The molecule has 0 radical (unpaired) electrons. The summed E-state index contributed by atoms with van der Waals surface area (Å²) in [6, 6.07) is 7.98. The number of oxazole rings is 1. The van der Waals surface area contributed by atoms with E-state index in [0.29, 0.717) is 15.9 Å². The molecule has 1 aromatic carbocycles. The molecule has 3 atom stereocenters. The highest BCUT2D eigenvalue weighted by atomic mass is 32.2. The zero-order valence-corrected chi connectivity index (χ0v) is 18.4. The predicted molar refractivity (Wildman–Crippen MR) is 119 cm³/mol. The summed E-state index contributed by atoms with van der Waals surface area (Å²) >= 11 is 4.43.